The SMILES string of the molecule is CCCN(C(=O)CNC(=O)OC(C)(C)C)C(C(=O)NCc1ccccc1)c1cccc(C)c1. The van der Waals surface area contributed by atoms with Gasteiger partial charge in [0.1, 0.15) is 18.2 Å². The van der Waals surface area contributed by atoms with E-state index < -0.39 is 17.7 Å². The molecular weight excluding hydrogens is 418 g/mol. The molecular formula is C26H35N3O4. The lowest BCUT2D eigenvalue weighted by Crippen LogP contribution is -2.48. The number of rotatable bonds is 9. The van der Waals surface area contributed by atoms with Crippen molar-refractivity contribution >= 4 is 17.9 Å². The third-order valence-corrected chi connectivity index (χ3v) is 4.80. The maximum atomic E-state index is 13.4. The Labute approximate surface area is 196 Å². The Morgan fingerprint density at radius 3 is 2.30 bits per heavy atom. The Hall–Kier alpha value is -3.35. The molecule has 3 amide bonds. The number of amides is 3. The predicted molar refractivity (Wildman–Crippen MR) is 128 cm³/mol. The van der Waals surface area contributed by atoms with Crippen LogP contribution >= 0.6 is 0 Å². The topological polar surface area (TPSA) is 87.7 Å². The number of benzene rings is 2. The molecule has 178 valence electrons. The number of nitrogens with zero attached hydrogens (tertiary/aromatic N) is 1. The summed E-state index contributed by atoms with van der Waals surface area (Å²) in [5.41, 5.74) is 2.01. The van der Waals surface area contributed by atoms with E-state index in [0.29, 0.717) is 19.5 Å². The van der Waals surface area contributed by atoms with E-state index in [0.717, 1.165) is 16.7 Å². The summed E-state index contributed by atoms with van der Waals surface area (Å²) in [7, 11) is 0. The van der Waals surface area contributed by atoms with E-state index in [1.807, 2.05) is 68.4 Å². The number of nitrogens with one attached hydrogen (secondary N) is 2. The minimum absolute atomic E-state index is 0.261. The van der Waals surface area contributed by atoms with Crippen molar-refractivity contribution in [1.29, 1.82) is 0 Å². The van der Waals surface area contributed by atoms with Gasteiger partial charge in [0.25, 0.3) is 0 Å². The van der Waals surface area contributed by atoms with Crippen molar-refractivity contribution in [2.75, 3.05) is 13.1 Å². The van der Waals surface area contributed by atoms with E-state index >= 15 is 0 Å². The maximum Gasteiger partial charge on any atom is 0.408 e. The summed E-state index contributed by atoms with van der Waals surface area (Å²) < 4.78 is 5.22. The van der Waals surface area contributed by atoms with E-state index in [1.165, 1.54) is 4.90 Å². The van der Waals surface area contributed by atoms with E-state index in [1.54, 1.807) is 20.8 Å². The summed E-state index contributed by atoms with van der Waals surface area (Å²) in [5.74, 6) is -0.632. The van der Waals surface area contributed by atoms with Crippen LogP contribution in [0.15, 0.2) is 54.6 Å². The minimum Gasteiger partial charge on any atom is -0.444 e. The summed E-state index contributed by atoms with van der Waals surface area (Å²) in [4.78, 5) is 40.1. The van der Waals surface area contributed by atoms with Crippen LogP contribution in [0.2, 0.25) is 0 Å². The van der Waals surface area contributed by atoms with Crippen molar-refractivity contribution in [3.8, 4) is 0 Å². The van der Waals surface area contributed by atoms with Crippen molar-refractivity contribution in [2.45, 2.75) is 59.2 Å². The second-order valence-corrected chi connectivity index (χ2v) is 8.96. The zero-order chi connectivity index (χ0) is 24.4. The highest BCUT2D eigenvalue weighted by Gasteiger charge is 2.31. The van der Waals surface area contributed by atoms with Crippen molar-refractivity contribution in [1.82, 2.24) is 15.5 Å². The summed E-state index contributed by atoms with van der Waals surface area (Å²) >= 11 is 0. The second kappa shape index (κ2) is 12.0. The molecule has 0 aromatic heterocycles. The first-order valence-electron chi connectivity index (χ1n) is 11.2. The Balaban J connectivity index is 2.23. The van der Waals surface area contributed by atoms with Crippen molar-refractivity contribution in [3.05, 3.63) is 71.3 Å². The Morgan fingerprint density at radius 2 is 1.70 bits per heavy atom. The molecule has 33 heavy (non-hydrogen) atoms. The fourth-order valence-corrected chi connectivity index (χ4v) is 3.40. The van der Waals surface area contributed by atoms with Gasteiger partial charge in [-0.1, -0.05) is 67.1 Å². The molecule has 2 rings (SSSR count). The van der Waals surface area contributed by atoms with Gasteiger partial charge in [-0.2, -0.15) is 0 Å². The number of hydrogen-bond acceptors (Lipinski definition) is 4. The highest BCUT2D eigenvalue weighted by molar-refractivity contribution is 5.90. The van der Waals surface area contributed by atoms with E-state index in [2.05, 4.69) is 10.6 Å². The van der Waals surface area contributed by atoms with Gasteiger partial charge in [-0.15, -0.1) is 0 Å². The molecule has 1 unspecified atom stereocenters. The van der Waals surface area contributed by atoms with Crippen LogP contribution in [0.1, 0.15) is 56.8 Å². The number of carbonyl (C=O) groups is 3. The van der Waals surface area contributed by atoms with Gasteiger partial charge < -0.3 is 20.3 Å². The van der Waals surface area contributed by atoms with Gasteiger partial charge in [-0.05, 0) is 45.2 Å². The molecule has 0 spiro atoms. The zero-order valence-corrected chi connectivity index (χ0v) is 20.2. The molecule has 0 radical (unpaired) electrons. The number of ether oxygens (including phenoxy) is 1. The predicted octanol–water partition coefficient (Wildman–Crippen LogP) is 4.12. The lowest BCUT2D eigenvalue weighted by molar-refractivity contribution is -0.140. The molecule has 0 saturated heterocycles. The molecule has 0 fully saturated rings. The van der Waals surface area contributed by atoms with Gasteiger partial charge in [-0.3, -0.25) is 9.59 Å². The molecule has 2 N–H and O–H groups in total. The standard InChI is InChI=1S/C26H35N3O4/c1-6-15-29(22(30)18-28-25(32)33-26(3,4)5)23(21-14-10-11-19(2)16-21)24(31)27-17-20-12-8-7-9-13-20/h7-14,16,23H,6,15,17-18H2,1-5H3,(H,27,31)(H,28,32). The van der Waals surface area contributed by atoms with Crippen LogP contribution in [-0.4, -0.2) is 41.5 Å². The van der Waals surface area contributed by atoms with Crippen LogP contribution in [0.4, 0.5) is 4.79 Å². The van der Waals surface area contributed by atoms with Crippen LogP contribution in [0.5, 0.6) is 0 Å². The molecule has 0 aliphatic heterocycles. The molecule has 0 saturated carbocycles. The van der Waals surface area contributed by atoms with Crippen molar-refractivity contribution < 1.29 is 19.1 Å². The van der Waals surface area contributed by atoms with Gasteiger partial charge in [0, 0.05) is 13.1 Å². The normalized spacial score (nSPS) is 11.9. The average Bonchev–Trinajstić information content (AvgIpc) is 2.75. The number of carbonyl (C=O) groups excluding carboxylic acids is 3. The maximum absolute atomic E-state index is 13.4. The first-order valence-corrected chi connectivity index (χ1v) is 11.2. The van der Waals surface area contributed by atoms with E-state index in [-0.39, 0.29) is 18.4 Å². The molecule has 2 aromatic rings. The Bertz CT molecular complexity index is 938. The molecule has 2 aromatic carbocycles. The van der Waals surface area contributed by atoms with Gasteiger partial charge in [0.2, 0.25) is 11.8 Å². The number of alkyl carbamates (subject to hydrolysis) is 1. The van der Waals surface area contributed by atoms with Crippen LogP contribution in [-0.2, 0) is 20.9 Å². The summed E-state index contributed by atoms with van der Waals surface area (Å²) in [5, 5.41) is 5.47. The third kappa shape index (κ3) is 8.60. The summed E-state index contributed by atoms with van der Waals surface area (Å²) in [6.07, 6.45) is -0.0140. The smallest absolute Gasteiger partial charge is 0.408 e. The summed E-state index contributed by atoms with van der Waals surface area (Å²) in [6, 6.07) is 16.4. The fraction of sp³-hybridized carbons (Fsp3) is 0.423. The Kier molecular flexibility index (Phi) is 9.45. The van der Waals surface area contributed by atoms with E-state index in [4.69, 9.17) is 4.74 Å². The van der Waals surface area contributed by atoms with Crippen LogP contribution in [0.25, 0.3) is 0 Å². The Morgan fingerprint density at radius 1 is 1.00 bits per heavy atom. The lowest BCUT2D eigenvalue weighted by Gasteiger charge is -2.31. The first-order chi connectivity index (χ1) is 15.6. The molecule has 0 heterocycles. The molecule has 1 atom stereocenters. The molecule has 0 aliphatic carbocycles. The highest BCUT2D eigenvalue weighted by Crippen LogP contribution is 2.23. The molecule has 0 aliphatic rings. The fourth-order valence-electron chi connectivity index (χ4n) is 3.40. The van der Waals surface area contributed by atoms with Crippen LogP contribution < -0.4 is 10.6 Å². The van der Waals surface area contributed by atoms with Crippen LogP contribution in [0, 0.1) is 6.92 Å². The van der Waals surface area contributed by atoms with Gasteiger partial charge in [0.15, 0.2) is 0 Å². The van der Waals surface area contributed by atoms with Crippen LogP contribution in [0.3, 0.4) is 0 Å². The van der Waals surface area contributed by atoms with E-state index in [9.17, 15) is 14.4 Å². The quantitative estimate of drug-likeness (QED) is 0.598. The van der Waals surface area contributed by atoms with Gasteiger partial charge in [-0.25, -0.2) is 4.79 Å². The third-order valence-electron chi connectivity index (χ3n) is 4.80. The zero-order valence-electron chi connectivity index (χ0n) is 20.2. The lowest BCUT2D eigenvalue weighted by atomic mass is 10.0. The second-order valence-electron chi connectivity index (χ2n) is 8.96. The monoisotopic (exact) mass is 453 g/mol. The average molecular weight is 454 g/mol. The summed E-state index contributed by atoms with van der Waals surface area (Å²) in [6.45, 7) is 9.60. The number of hydrogen-bond donors (Lipinski definition) is 2. The first kappa shape index (κ1) is 25.9. The molecule has 0 bridgehead atoms. The minimum atomic E-state index is -0.818. The van der Waals surface area contributed by atoms with Gasteiger partial charge in [0.05, 0.1) is 0 Å². The largest absolute Gasteiger partial charge is 0.444 e. The van der Waals surface area contributed by atoms with Crippen molar-refractivity contribution in [2.24, 2.45) is 0 Å². The highest BCUT2D eigenvalue weighted by atomic mass is 16.6. The molecule has 7 heteroatoms. The van der Waals surface area contributed by atoms with Crippen molar-refractivity contribution in [3.63, 3.8) is 0 Å². The number of aryl methyl sites for hydroxylation is 1. The van der Waals surface area contributed by atoms with Gasteiger partial charge >= 0.3 is 6.09 Å². The molecule has 7 nitrogen and oxygen atoms in total.